The van der Waals surface area contributed by atoms with Gasteiger partial charge in [-0.15, -0.1) is 11.3 Å². The molecule has 1 aromatic rings. The predicted octanol–water partition coefficient (Wildman–Crippen LogP) is 1.56. The second-order valence-electron chi connectivity index (χ2n) is 4.51. The van der Waals surface area contributed by atoms with Gasteiger partial charge < -0.3 is 11.1 Å². The molecular weight excluding hydrogens is 234 g/mol. The molecule has 1 heterocycles. The summed E-state index contributed by atoms with van der Waals surface area (Å²) in [6, 6.07) is 0. The van der Waals surface area contributed by atoms with Crippen molar-refractivity contribution in [3.05, 3.63) is 16.1 Å². The van der Waals surface area contributed by atoms with Crippen molar-refractivity contribution < 1.29 is 4.79 Å². The quantitative estimate of drug-likeness (QED) is 0.808. The van der Waals surface area contributed by atoms with Crippen LogP contribution in [0, 0.1) is 5.92 Å². The minimum Gasteiger partial charge on any atom is -0.351 e. The Morgan fingerprint density at radius 1 is 1.59 bits per heavy atom. The van der Waals surface area contributed by atoms with Gasteiger partial charge in [-0.1, -0.05) is 19.3 Å². The van der Waals surface area contributed by atoms with Crippen molar-refractivity contribution in [3.8, 4) is 0 Å². The maximum atomic E-state index is 11.8. The number of nitrogens with zero attached hydrogens (tertiary/aromatic N) is 1. The van der Waals surface area contributed by atoms with Gasteiger partial charge in [0, 0.05) is 18.3 Å². The lowest BCUT2D eigenvalue weighted by atomic mass is 9.83. The van der Waals surface area contributed by atoms with Crippen molar-refractivity contribution in [3.63, 3.8) is 0 Å². The number of nitrogens with one attached hydrogen (secondary N) is 1. The van der Waals surface area contributed by atoms with E-state index in [1.165, 1.54) is 30.6 Å². The van der Waals surface area contributed by atoms with Crippen LogP contribution >= 0.6 is 11.3 Å². The minimum absolute atomic E-state index is 0.0520. The molecule has 0 atom stereocenters. The third kappa shape index (κ3) is 3.51. The Bertz CT molecular complexity index is 374. The average molecular weight is 253 g/mol. The molecule has 3 N–H and O–H groups in total. The highest BCUT2D eigenvalue weighted by molar-refractivity contribution is 7.09. The second-order valence-corrected chi connectivity index (χ2v) is 5.45. The number of rotatable bonds is 6. The zero-order chi connectivity index (χ0) is 12.1. The highest BCUT2D eigenvalue weighted by Crippen LogP contribution is 2.28. The highest BCUT2D eigenvalue weighted by atomic mass is 32.1. The van der Waals surface area contributed by atoms with E-state index in [9.17, 15) is 4.79 Å². The van der Waals surface area contributed by atoms with Gasteiger partial charge in [-0.3, -0.25) is 4.79 Å². The van der Waals surface area contributed by atoms with E-state index >= 15 is 0 Å². The van der Waals surface area contributed by atoms with Gasteiger partial charge in [0.05, 0.1) is 5.01 Å². The molecule has 5 heteroatoms. The van der Waals surface area contributed by atoms with E-state index in [0.29, 0.717) is 12.2 Å². The van der Waals surface area contributed by atoms with Crippen molar-refractivity contribution in [2.24, 2.45) is 11.7 Å². The fraction of sp³-hybridized carbons (Fsp3) is 0.667. The first-order valence-electron chi connectivity index (χ1n) is 6.22. The Kier molecular flexibility index (Phi) is 4.50. The molecule has 1 saturated carbocycles. The molecule has 17 heavy (non-hydrogen) atoms. The fourth-order valence-electron chi connectivity index (χ4n) is 1.92. The Balaban J connectivity index is 1.73. The third-order valence-electron chi connectivity index (χ3n) is 3.21. The first-order chi connectivity index (χ1) is 8.29. The summed E-state index contributed by atoms with van der Waals surface area (Å²) in [5.41, 5.74) is 5.98. The summed E-state index contributed by atoms with van der Waals surface area (Å²) in [6.45, 7) is 1.35. The van der Waals surface area contributed by atoms with Crippen LogP contribution < -0.4 is 11.1 Å². The molecular formula is C12H19N3OS. The van der Waals surface area contributed by atoms with E-state index in [1.807, 2.05) is 5.38 Å². The van der Waals surface area contributed by atoms with Crippen LogP contribution in [0.25, 0.3) is 0 Å². The molecule has 0 aliphatic heterocycles. The van der Waals surface area contributed by atoms with Gasteiger partial charge in [0.25, 0.3) is 5.91 Å². The van der Waals surface area contributed by atoms with Gasteiger partial charge in [-0.2, -0.15) is 0 Å². The van der Waals surface area contributed by atoms with Gasteiger partial charge in [-0.25, -0.2) is 4.98 Å². The molecule has 4 nitrogen and oxygen atoms in total. The van der Waals surface area contributed by atoms with Gasteiger partial charge in [0.2, 0.25) is 0 Å². The third-order valence-corrected chi connectivity index (χ3v) is 4.11. The number of thiazole rings is 1. The molecule has 1 aromatic heterocycles. The van der Waals surface area contributed by atoms with Gasteiger partial charge in [0.1, 0.15) is 5.69 Å². The molecule has 94 valence electrons. The minimum atomic E-state index is -0.0520. The number of nitrogens with two attached hydrogens (primary N) is 1. The van der Waals surface area contributed by atoms with E-state index in [2.05, 4.69) is 10.3 Å². The summed E-state index contributed by atoms with van der Waals surface area (Å²) in [5, 5.41) is 5.68. The summed E-state index contributed by atoms with van der Waals surface area (Å²) in [6.07, 6.45) is 5.86. The molecule has 0 spiro atoms. The van der Waals surface area contributed by atoms with E-state index in [0.717, 1.165) is 30.3 Å². The lowest BCUT2D eigenvalue weighted by Gasteiger charge is -2.24. The molecule has 0 saturated heterocycles. The zero-order valence-electron chi connectivity index (χ0n) is 9.95. The Hall–Kier alpha value is -0.940. The second kappa shape index (κ2) is 6.12. The highest BCUT2D eigenvalue weighted by Gasteiger charge is 2.17. The van der Waals surface area contributed by atoms with Crippen LogP contribution in [-0.2, 0) is 6.42 Å². The van der Waals surface area contributed by atoms with Crippen LogP contribution in [0.4, 0.5) is 0 Å². The van der Waals surface area contributed by atoms with E-state index < -0.39 is 0 Å². The van der Waals surface area contributed by atoms with E-state index in [1.54, 1.807) is 0 Å². The first kappa shape index (κ1) is 12.5. The average Bonchev–Trinajstić information content (AvgIpc) is 2.70. The summed E-state index contributed by atoms with van der Waals surface area (Å²) in [4.78, 5) is 16.0. The molecule has 0 radical (unpaired) electrons. The molecule has 2 rings (SSSR count). The number of amides is 1. The largest absolute Gasteiger partial charge is 0.351 e. The molecule has 0 bridgehead atoms. The van der Waals surface area contributed by atoms with E-state index in [-0.39, 0.29) is 5.91 Å². The van der Waals surface area contributed by atoms with Gasteiger partial charge >= 0.3 is 0 Å². The fourth-order valence-corrected chi connectivity index (χ4v) is 2.71. The van der Waals surface area contributed by atoms with Crippen molar-refractivity contribution in [2.45, 2.75) is 32.1 Å². The van der Waals surface area contributed by atoms with Crippen molar-refractivity contribution >= 4 is 17.2 Å². The molecule has 1 fully saturated rings. The number of hydrogen-bond acceptors (Lipinski definition) is 4. The number of carbonyl (C=O) groups is 1. The Morgan fingerprint density at radius 2 is 2.41 bits per heavy atom. The van der Waals surface area contributed by atoms with Crippen LogP contribution in [-0.4, -0.2) is 24.0 Å². The summed E-state index contributed by atoms with van der Waals surface area (Å²) in [7, 11) is 0. The van der Waals surface area contributed by atoms with E-state index in [4.69, 9.17) is 5.73 Å². The standard InChI is InChI=1S/C12H19N3OS/c13-6-4-11-15-10(8-17-11)12(16)14-7-5-9-2-1-3-9/h8-9H,1-7,13H2,(H,14,16). The molecule has 1 aliphatic rings. The van der Waals surface area contributed by atoms with Crippen LogP contribution in [0.15, 0.2) is 5.38 Å². The van der Waals surface area contributed by atoms with Crippen molar-refractivity contribution in [1.29, 1.82) is 0 Å². The van der Waals surface area contributed by atoms with Crippen LogP contribution in [0.2, 0.25) is 0 Å². The van der Waals surface area contributed by atoms with Gasteiger partial charge in [0.15, 0.2) is 0 Å². The molecule has 0 aromatic carbocycles. The zero-order valence-corrected chi connectivity index (χ0v) is 10.8. The summed E-state index contributed by atoms with van der Waals surface area (Å²) >= 11 is 1.51. The van der Waals surface area contributed by atoms with Crippen LogP contribution in [0.5, 0.6) is 0 Å². The lowest BCUT2D eigenvalue weighted by Crippen LogP contribution is -2.27. The Morgan fingerprint density at radius 3 is 3.06 bits per heavy atom. The topological polar surface area (TPSA) is 68.0 Å². The summed E-state index contributed by atoms with van der Waals surface area (Å²) in [5.74, 6) is 0.780. The van der Waals surface area contributed by atoms with Gasteiger partial charge in [-0.05, 0) is 18.9 Å². The number of aromatic nitrogens is 1. The molecule has 1 aliphatic carbocycles. The summed E-state index contributed by atoms with van der Waals surface area (Å²) < 4.78 is 0. The van der Waals surface area contributed by atoms with Crippen molar-refractivity contribution in [2.75, 3.05) is 13.1 Å². The van der Waals surface area contributed by atoms with Crippen LogP contribution in [0.1, 0.15) is 41.2 Å². The lowest BCUT2D eigenvalue weighted by molar-refractivity contribution is 0.0944. The molecule has 1 amide bonds. The first-order valence-corrected chi connectivity index (χ1v) is 7.10. The van der Waals surface area contributed by atoms with Crippen LogP contribution in [0.3, 0.4) is 0 Å². The maximum Gasteiger partial charge on any atom is 0.270 e. The SMILES string of the molecule is NCCc1nc(C(=O)NCCC2CCC2)cs1. The number of hydrogen-bond donors (Lipinski definition) is 2. The molecule has 0 unspecified atom stereocenters. The smallest absolute Gasteiger partial charge is 0.270 e. The maximum absolute atomic E-state index is 11.8. The Labute approximate surface area is 106 Å². The van der Waals surface area contributed by atoms with Crippen molar-refractivity contribution in [1.82, 2.24) is 10.3 Å². The normalized spacial score (nSPS) is 15.6. The monoisotopic (exact) mass is 253 g/mol. The number of carbonyl (C=O) groups excluding carboxylic acids is 1. The predicted molar refractivity (Wildman–Crippen MR) is 69.2 cm³/mol.